The first-order chi connectivity index (χ1) is 5.86. The summed E-state index contributed by atoms with van der Waals surface area (Å²) < 4.78 is 5.40. The standard InChI is InChI=1S/C9H15NOS/c1-2-5-11-7-9-4-3-8(6-10)12-9/h3-4H,2,5-7,10H2,1H3. The average Bonchev–Trinajstić information content (AvgIpc) is 2.53. The molecule has 1 aromatic heterocycles. The molecule has 1 aromatic rings. The third-order valence-electron chi connectivity index (χ3n) is 1.51. The van der Waals surface area contributed by atoms with Crippen molar-refractivity contribution in [3.8, 4) is 0 Å². The zero-order valence-corrected chi connectivity index (χ0v) is 8.19. The van der Waals surface area contributed by atoms with E-state index in [1.807, 2.05) is 0 Å². The number of hydrogen-bond donors (Lipinski definition) is 1. The molecular formula is C9H15NOS. The highest BCUT2D eigenvalue weighted by atomic mass is 32.1. The molecule has 0 aliphatic heterocycles. The van der Waals surface area contributed by atoms with Crippen LogP contribution in [-0.4, -0.2) is 6.61 Å². The summed E-state index contributed by atoms with van der Waals surface area (Å²) in [6, 6.07) is 4.15. The third-order valence-corrected chi connectivity index (χ3v) is 2.59. The van der Waals surface area contributed by atoms with E-state index in [0.29, 0.717) is 6.54 Å². The lowest BCUT2D eigenvalue weighted by Crippen LogP contribution is -1.92. The van der Waals surface area contributed by atoms with Gasteiger partial charge in [0.1, 0.15) is 0 Å². The number of ether oxygens (including phenoxy) is 1. The number of rotatable bonds is 5. The first kappa shape index (κ1) is 9.71. The Balaban J connectivity index is 2.31. The quantitative estimate of drug-likeness (QED) is 0.713. The summed E-state index contributed by atoms with van der Waals surface area (Å²) in [5.41, 5.74) is 5.49. The molecule has 2 nitrogen and oxygen atoms in total. The molecule has 0 saturated heterocycles. The van der Waals surface area contributed by atoms with E-state index in [-0.39, 0.29) is 0 Å². The Bertz CT molecular complexity index is 222. The molecule has 0 spiro atoms. The third kappa shape index (κ3) is 2.93. The van der Waals surface area contributed by atoms with E-state index in [9.17, 15) is 0 Å². The fourth-order valence-electron chi connectivity index (χ4n) is 0.927. The highest BCUT2D eigenvalue weighted by molar-refractivity contribution is 7.11. The van der Waals surface area contributed by atoms with Crippen molar-refractivity contribution in [2.24, 2.45) is 5.73 Å². The summed E-state index contributed by atoms with van der Waals surface area (Å²) in [5.74, 6) is 0. The van der Waals surface area contributed by atoms with Crippen molar-refractivity contribution in [3.05, 3.63) is 21.9 Å². The van der Waals surface area contributed by atoms with E-state index in [4.69, 9.17) is 10.5 Å². The first-order valence-corrected chi connectivity index (χ1v) is 5.04. The predicted molar refractivity (Wildman–Crippen MR) is 52.2 cm³/mol. The highest BCUT2D eigenvalue weighted by Crippen LogP contribution is 2.16. The van der Waals surface area contributed by atoms with Gasteiger partial charge in [-0.25, -0.2) is 0 Å². The maximum Gasteiger partial charge on any atom is 0.0809 e. The molecular weight excluding hydrogens is 170 g/mol. The Labute approximate surface area is 77.3 Å². The Kier molecular flexibility index (Phi) is 4.29. The lowest BCUT2D eigenvalue weighted by molar-refractivity contribution is 0.123. The van der Waals surface area contributed by atoms with Crippen LogP contribution < -0.4 is 5.73 Å². The fourth-order valence-corrected chi connectivity index (χ4v) is 1.76. The largest absolute Gasteiger partial charge is 0.376 e. The molecule has 1 heterocycles. The van der Waals surface area contributed by atoms with Crippen molar-refractivity contribution in [2.45, 2.75) is 26.5 Å². The van der Waals surface area contributed by atoms with Crippen LogP contribution in [-0.2, 0) is 17.9 Å². The summed E-state index contributed by atoms with van der Waals surface area (Å²) in [4.78, 5) is 2.49. The highest BCUT2D eigenvalue weighted by Gasteiger charge is 1.97. The zero-order valence-electron chi connectivity index (χ0n) is 7.38. The second kappa shape index (κ2) is 5.30. The van der Waals surface area contributed by atoms with Gasteiger partial charge in [0, 0.05) is 22.9 Å². The molecule has 0 atom stereocenters. The van der Waals surface area contributed by atoms with Gasteiger partial charge >= 0.3 is 0 Å². The molecule has 0 fully saturated rings. The van der Waals surface area contributed by atoms with Crippen molar-refractivity contribution in [3.63, 3.8) is 0 Å². The van der Waals surface area contributed by atoms with Crippen LogP contribution in [0.3, 0.4) is 0 Å². The molecule has 0 amide bonds. The van der Waals surface area contributed by atoms with Gasteiger partial charge in [-0.1, -0.05) is 6.92 Å². The van der Waals surface area contributed by atoms with Gasteiger partial charge in [-0.05, 0) is 18.6 Å². The van der Waals surface area contributed by atoms with Crippen LogP contribution in [0.15, 0.2) is 12.1 Å². The number of thiophene rings is 1. The average molecular weight is 185 g/mol. The van der Waals surface area contributed by atoms with Crippen LogP contribution in [0.4, 0.5) is 0 Å². The second-order valence-electron chi connectivity index (χ2n) is 2.62. The molecule has 0 aliphatic carbocycles. The fraction of sp³-hybridized carbons (Fsp3) is 0.556. The molecule has 68 valence electrons. The normalized spacial score (nSPS) is 10.5. The Morgan fingerprint density at radius 3 is 2.75 bits per heavy atom. The van der Waals surface area contributed by atoms with Crippen molar-refractivity contribution >= 4 is 11.3 Å². The van der Waals surface area contributed by atoms with E-state index in [2.05, 4.69) is 19.1 Å². The summed E-state index contributed by atoms with van der Waals surface area (Å²) in [7, 11) is 0. The van der Waals surface area contributed by atoms with Gasteiger partial charge in [0.2, 0.25) is 0 Å². The van der Waals surface area contributed by atoms with Crippen LogP contribution in [0.25, 0.3) is 0 Å². The van der Waals surface area contributed by atoms with Crippen molar-refractivity contribution in [1.29, 1.82) is 0 Å². The lowest BCUT2D eigenvalue weighted by Gasteiger charge is -1.97. The summed E-state index contributed by atoms with van der Waals surface area (Å²) >= 11 is 1.73. The van der Waals surface area contributed by atoms with Crippen molar-refractivity contribution < 1.29 is 4.74 Å². The van der Waals surface area contributed by atoms with E-state index < -0.39 is 0 Å². The predicted octanol–water partition coefficient (Wildman–Crippen LogP) is 2.13. The Morgan fingerprint density at radius 1 is 1.42 bits per heavy atom. The first-order valence-electron chi connectivity index (χ1n) is 4.22. The molecule has 0 bridgehead atoms. The van der Waals surface area contributed by atoms with Gasteiger partial charge < -0.3 is 10.5 Å². The summed E-state index contributed by atoms with van der Waals surface area (Å²) in [6.07, 6.45) is 1.08. The molecule has 0 aromatic carbocycles. The Hall–Kier alpha value is -0.380. The van der Waals surface area contributed by atoms with Gasteiger partial charge in [-0.3, -0.25) is 0 Å². The van der Waals surface area contributed by atoms with E-state index in [1.165, 1.54) is 9.75 Å². The van der Waals surface area contributed by atoms with Crippen LogP contribution in [0, 0.1) is 0 Å². The van der Waals surface area contributed by atoms with Gasteiger partial charge in [0.05, 0.1) is 6.61 Å². The van der Waals surface area contributed by atoms with E-state index in [1.54, 1.807) is 11.3 Å². The maximum absolute atomic E-state index is 5.49. The smallest absolute Gasteiger partial charge is 0.0809 e. The van der Waals surface area contributed by atoms with Crippen LogP contribution in [0.1, 0.15) is 23.1 Å². The molecule has 12 heavy (non-hydrogen) atoms. The molecule has 1 rings (SSSR count). The van der Waals surface area contributed by atoms with E-state index >= 15 is 0 Å². The van der Waals surface area contributed by atoms with Gasteiger partial charge in [0.15, 0.2) is 0 Å². The summed E-state index contributed by atoms with van der Waals surface area (Å²) in [5, 5.41) is 0. The molecule has 0 saturated carbocycles. The summed E-state index contributed by atoms with van der Waals surface area (Å²) in [6.45, 7) is 4.33. The molecule has 2 N–H and O–H groups in total. The molecule has 3 heteroatoms. The van der Waals surface area contributed by atoms with Crippen molar-refractivity contribution in [1.82, 2.24) is 0 Å². The minimum Gasteiger partial charge on any atom is -0.376 e. The lowest BCUT2D eigenvalue weighted by atomic mass is 10.4. The number of hydrogen-bond acceptors (Lipinski definition) is 3. The minimum atomic E-state index is 0.637. The van der Waals surface area contributed by atoms with Crippen LogP contribution in [0.5, 0.6) is 0 Å². The van der Waals surface area contributed by atoms with Gasteiger partial charge in [-0.15, -0.1) is 11.3 Å². The Morgan fingerprint density at radius 2 is 2.17 bits per heavy atom. The maximum atomic E-state index is 5.49. The monoisotopic (exact) mass is 185 g/mol. The molecule has 0 unspecified atom stereocenters. The number of nitrogens with two attached hydrogens (primary N) is 1. The van der Waals surface area contributed by atoms with Gasteiger partial charge in [0.25, 0.3) is 0 Å². The van der Waals surface area contributed by atoms with Gasteiger partial charge in [-0.2, -0.15) is 0 Å². The van der Waals surface area contributed by atoms with Crippen LogP contribution in [0.2, 0.25) is 0 Å². The SMILES string of the molecule is CCCOCc1ccc(CN)s1. The zero-order chi connectivity index (χ0) is 8.81. The van der Waals surface area contributed by atoms with Crippen LogP contribution >= 0.6 is 11.3 Å². The molecule has 0 radical (unpaired) electrons. The van der Waals surface area contributed by atoms with Crippen molar-refractivity contribution in [2.75, 3.05) is 6.61 Å². The topological polar surface area (TPSA) is 35.2 Å². The second-order valence-corrected chi connectivity index (χ2v) is 3.88. The minimum absolute atomic E-state index is 0.637. The van der Waals surface area contributed by atoms with E-state index in [0.717, 1.165) is 19.6 Å². The molecule has 0 aliphatic rings.